The Morgan fingerprint density at radius 2 is 1.79 bits per heavy atom. The highest BCUT2D eigenvalue weighted by molar-refractivity contribution is 4.76. The van der Waals surface area contributed by atoms with Gasteiger partial charge < -0.3 is 20.9 Å². The number of likely N-dealkylation sites (tertiary alicyclic amines) is 2. The summed E-state index contributed by atoms with van der Waals surface area (Å²) < 4.78 is 0. The molecule has 2 aliphatic heterocycles. The quantitative estimate of drug-likeness (QED) is 0.740. The molecule has 0 bridgehead atoms. The van der Waals surface area contributed by atoms with E-state index >= 15 is 0 Å². The lowest BCUT2D eigenvalue weighted by atomic mass is 9.95. The first-order chi connectivity index (χ1) is 9.28. The summed E-state index contributed by atoms with van der Waals surface area (Å²) in [6.45, 7) is 9.38. The molecule has 1 atom stereocenters. The highest BCUT2D eigenvalue weighted by atomic mass is 15.1. The van der Waals surface area contributed by atoms with Crippen LogP contribution in [0.1, 0.15) is 25.7 Å². The zero-order valence-electron chi connectivity index (χ0n) is 12.6. The molecule has 0 radical (unpaired) electrons. The van der Waals surface area contributed by atoms with E-state index in [2.05, 4.69) is 22.2 Å². The first-order valence-electron chi connectivity index (χ1n) is 8.09. The number of piperidine rings is 2. The van der Waals surface area contributed by atoms with E-state index in [4.69, 9.17) is 5.73 Å². The maximum Gasteiger partial charge on any atom is 0.0105 e. The monoisotopic (exact) mass is 268 g/mol. The van der Waals surface area contributed by atoms with Crippen LogP contribution in [-0.2, 0) is 0 Å². The number of nitrogens with one attached hydrogen (secondary N) is 1. The SMILES string of the molecule is CN1CCCC(CNCC2CCN(CCN)CC2)C1. The second-order valence-electron chi connectivity index (χ2n) is 6.50. The smallest absolute Gasteiger partial charge is 0.0105 e. The maximum absolute atomic E-state index is 5.61. The lowest BCUT2D eigenvalue weighted by molar-refractivity contribution is 0.178. The van der Waals surface area contributed by atoms with Crippen LogP contribution in [0.4, 0.5) is 0 Å². The maximum atomic E-state index is 5.61. The van der Waals surface area contributed by atoms with Crippen molar-refractivity contribution in [2.45, 2.75) is 25.7 Å². The number of nitrogens with two attached hydrogens (primary N) is 1. The van der Waals surface area contributed by atoms with Gasteiger partial charge in [0.1, 0.15) is 0 Å². The molecule has 0 aromatic carbocycles. The van der Waals surface area contributed by atoms with Crippen LogP contribution in [0.15, 0.2) is 0 Å². The Balaban J connectivity index is 1.54. The minimum atomic E-state index is 0.804. The largest absolute Gasteiger partial charge is 0.329 e. The molecule has 4 nitrogen and oxygen atoms in total. The van der Waals surface area contributed by atoms with E-state index in [9.17, 15) is 0 Å². The topological polar surface area (TPSA) is 44.5 Å². The van der Waals surface area contributed by atoms with Gasteiger partial charge in [0.2, 0.25) is 0 Å². The van der Waals surface area contributed by atoms with E-state index in [0.717, 1.165) is 24.9 Å². The zero-order valence-corrected chi connectivity index (χ0v) is 12.6. The lowest BCUT2D eigenvalue weighted by Gasteiger charge is -2.33. The molecule has 19 heavy (non-hydrogen) atoms. The van der Waals surface area contributed by atoms with Crippen LogP contribution in [0.2, 0.25) is 0 Å². The molecular weight excluding hydrogens is 236 g/mol. The van der Waals surface area contributed by atoms with Gasteiger partial charge in [-0.15, -0.1) is 0 Å². The van der Waals surface area contributed by atoms with Gasteiger partial charge >= 0.3 is 0 Å². The summed E-state index contributed by atoms with van der Waals surface area (Å²) in [7, 11) is 2.25. The van der Waals surface area contributed by atoms with Gasteiger partial charge in [-0.25, -0.2) is 0 Å². The number of rotatable bonds is 6. The standard InChI is InChI=1S/C15H32N4/c1-18-7-2-3-15(13-18)12-17-11-14-4-8-19(9-5-14)10-6-16/h14-15,17H,2-13,16H2,1H3. The van der Waals surface area contributed by atoms with Crippen molar-refractivity contribution in [2.75, 3.05) is 59.4 Å². The fourth-order valence-electron chi connectivity index (χ4n) is 3.53. The average molecular weight is 268 g/mol. The summed E-state index contributed by atoms with van der Waals surface area (Å²) in [5.41, 5.74) is 5.61. The van der Waals surface area contributed by atoms with Crippen LogP contribution in [0, 0.1) is 11.8 Å². The number of nitrogens with zero attached hydrogens (tertiary/aromatic N) is 2. The molecule has 0 aliphatic carbocycles. The Labute approximate surface area is 118 Å². The lowest BCUT2D eigenvalue weighted by Crippen LogP contribution is -2.41. The van der Waals surface area contributed by atoms with Gasteiger partial charge in [-0.1, -0.05) is 0 Å². The van der Waals surface area contributed by atoms with Crippen LogP contribution >= 0.6 is 0 Å². The second kappa shape index (κ2) is 8.20. The van der Waals surface area contributed by atoms with Crippen molar-refractivity contribution in [2.24, 2.45) is 17.6 Å². The Morgan fingerprint density at radius 3 is 2.47 bits per heavy atom. The predicted molar refractivity (Wildman–Crippen MR) is 81.3 cm³/mol. The van der Waals surface area contributed by atoms with Gasteiger partial charge in [-0.05, 0) is 77.3 Å². The molecule has 2 saturated heterocycles. The van der Waals surface area contributed by atoms with Gasteiger partial charge in [0.25, 0.3) is 0 Å². The van der Waals surface area contributed by atoms with E-state index in [1.807, 2.05) is 0 Å². The highest BCUT2D eigenvalue weighted by Crippen LogP contribution is 2.17. The molecule has 0 aromatic rings. The van der Waals surface area contributed by atoms with Gasteiger partial charge in [-0.2, -0.15) is 0 Å². The minimum absolute atomic E-state index is 0.804. The van der Waals surface area contributed by atoms with E-state index in [-0.39, 0.29) is 0 Å². The third-order valence-electron chi connectivity index (χ3n) is 4.74. The summed E-state index contributed by atoms with van der Waals surface area (Å²) in [5, 5.41) is 3.72. The summed E-state index contributed by atoms with van der Waals surface area (Å²) in [4.78, 5) is 4.98. The van der Waals surface area contributed by atoms with E-state index in [1.54, 1.807) is 0 Å². The van der Waals surface area contributed by atoms with Crippen LogP contribution in [0.5, 0.6) is 0 Å². The first-order valence-corrected chi connectivity index (χ1v) is 8.09. The van der Waals surface area contributed by atoms with Crippen LogP contribution < -0.4 is 11.1 Å². The van der Waals surface area contributed by atoms with Crippen molar-refractivity contribution in [3.05, 3.63) is 0 Å². The van der Waals surface area contributed by atoms with Crippen LogP contribution in [0.25, 0.3) is 0 Å². The van der Waals surface area contributed by atoms with Crippen molar-refractivity contribution in [3.63, 3.8) is 0 Å². The Bertz CT molecular complexity index is 238. The molecule has 1 unspecified atom stereocenters. The summed E-state index contributed by atoms with van der Waals surface area (Å²) >= 11 is 0. The predicted octanol–water partition coefficient (Wildman–Crippen LogP) is 0.589. The van der Waals surface area contributed by atoms with Crippen LogP contribution in [-0.4, -0.2) is 69.2 Å². The van der Waals surface area contributed by atoms with E-state index in [0.29, 0.717) is 0 Å². The summed E-state index contributed by atoms with van der Waals surface area (Å²) in [5.74, 6) is 1.76. The van der Waals surface area contributed by atoms with Gasteiger partial charge in [-0.3, -0.25) is 0 Å². The van der Waals surface area contributed by atoms with Crippen molar-refractivity contribution in [1.82, 2.24) is 15.1 Å². The average Bonchev–Trinajstić information content (AvgIpc) is 2.41. The van der Waals surface area contributed by atoms with E-state index < -0.39 is 0 Å². The van der Waals surface area contributed by atoms with Crippen molar-refractivity contribution >= 4 is 0 Å². The molecule has 2 fully saturated rings. The molecule has 2 heterocycles. The first kappa shape index (κ1) is 15.2. The van der Waals surface area contributed by atoms with Gasteiger partial charge in [0.05, 0.1) is 0 Å². The van der Waals surface area contributed by atoms with E-state index in [1.165, 1.54) is 65.0 Å². The fourth-order valence-corrected chi connectivity index (χ4v) is 3.53. The van der Waals surface area contributed by atoms with Crippen LogP contribution in [0.3, 0.4) is 0 Å². The fraction of sp³-hybridized carbons (Fsp3) is 1.00. The molecule has 3 N–H and O–H groups in total. The third kappa shape index (κ3) is 5.38. The second-order valence-corrected chi connectivity index (χ2v) is 6.50. The summed E-state index contributed by atoms with van der Waals surface area (Å²) in [6, 6.07) is 0. The molecule has 2 rings (SSSR count). The molecule has 4 heteroatoms. The van der Waals surface area contributed by atoms with Crippen molar-refractivity contribution in [1.29, 1.82) is 0 Å². The van der Waals surface area contributed by atoms with Crippen molar-refractivity contribution < 1.29 is 0 Å². The molecule has 0 spiro atoms. The van der Waals surface area contributed by atoms with Crippen molar-refractivity contribution in [3.8, 4) is 0 Å². The van der Waals surface area contributed by atoms with Gasteiger partial charge in [0, 0.05) is 19.6 Å². The Morgan fingerprint density at radius 1 is 1.05 bits per heavy atom. The normalized spacial score (nSPS) is 27.8. The molecule has 2 aliphatic rings. The third-order valence-corrected chi connectivity index (χ3v) is 4.74. The summed E-state index contributed by atoms with van der Waals surface area (Å²) in [6.07, 6.45) is 5.47. The number of hydrogen-bond acceptors (Lipinski definition) is 4. The molecule has 0 amide bonds. The number of hydrogen-bond donors (Lipinski definition) is 2. The zero-order chi connectivity index (χ0) is 13.5. The Kier molecular flexibility index (Phi) is 6.57. The molecular formula is C15H32N4. The highest BCUT2D eigenvalue weighted by Gasteiger charge is 2.20. The molecule has 0 saturated carbocycles. The van der Waals surface area contributed by atoms with Gasteiger partial charge in [0.15, 0.2) is 0 Å². The Hall–Kier alpha value is -0.160. The molecule has 0 aromatic heterocycles. The molecule has 112 valence electrons. The minimum Gasteiger partial charge on any atom is -0.329 e.